The first-order valence-electron chi connectivity index (χ1n) is 10.6. The molecule has 1 unspecified atom stereocenters. The van der Waals surface area contributed by atoms with E-state index in [-0.39, 0.29) is 11.5 Å². The molecule has 0 spiro atoms. The van der Waals surface area contributed by atoms with Gasteiger partial charge in [0.1, 0.15) is 41.5 Å². The SMILES string of the molecule is COCCOc1ccc(Nc2cc(Nc3ccc(F)cc3SC)c3nc(C)n(PI)c3n2)nc1C#N. The van der Waals surface area contributed by atoms with E-state index in [1.807, 2.05) is 23.6 Å². The molecule has 0 aliphatic carbocycles. The van der Waals surface area contributed by atoms with Gasteiger partial charge in [-0.1, -0.05) is 0 Å². The van der Waals surface area contributed by atoms with Crippen LogP contribution < -0.4 is 15.4 Å². The van der Waals surface area contributed by atoms with Crippen molar-refractivity contribution in [1.29, 1.82) is 5.26 Å². The predicted molar refractivity (Wildman–Crippen MR) is 151 cm³/mol. The Morgan fingerprint density at radius 1 is 1.11 bits per heavy atom. The molecule has 0 aliphatic heterocycles. The zero-order valence-electron chi connectivity index (χ0n) is 19.6. The number of hydrogen-bond acceptors (Lipinski definition) is 9. The van der Waals surface area contributed by atoms with Gasteiger partial charge in [-0.2, -0.15) is 5.26 Å². The predicted octanol–water partition coefficient (Wildman–Crippen LogP) is 6.17. The van der Waals surface area contributed by atoms with E-state index in [4.69, 9.17) is 19.4 Å². The number of fused-ring (bicyclic) bond motifs is 1. The van der Waals surface area contributed by atoms with E-state index < -0.39 is 0 Å². The van der Waals surface area contributed by atoms with Gasteiger partial charge >= 0.3 is 0 Å². The molecule has 3 heterocycles. The number of hydrogen-bond donors (Lipinski definition) is 2. The van der Waals surface area contributed by atoms with Crippen LogP contribution in [0.1, 0.15) is 11.5 Å². The van der Waals surface area contributed by atoms with E-state index in [1.54, 1.807) is 25.3 Å². The van der Waals surface area contributed by atoms with Crippen molar-refractivity contribution in [2.45, 2.75) is 11.8 Å². The number of imidazole rings is 1. The molecule has 0 radical (unpaired) electrons. The summed E-state index contributed by atoms with van der Waals surface area (Å²) in [7, 11) is 1.58. The number of halogens is 2. The summed E-state index contributed by atoms with van der Waals surface area (Å²) < 4.78 is 26.4. The van der Waals surface area contributed by atoms with Crippen LogP contribution in [0.25, 0.3) is 11.2 Å². The number of aromatic nitrogens is 4. The van der Waals surface area contributed by atoms with Crippen molar-refractivity contribution in [3.8, 4) is 11.8 Å². The molecule has 1 aromatic carbocycles. The highest BCUT2D eigenvalue weighted by molar-refractivity contribution is 14.2. The molecule has 1 atom stereocenters. The maximum Gasteiger partial charge on any atom is 0.184 e. The van der Waals surface area contributed by atoms with Crippen LogP contribution in [-0.4, -0.2) is 45.9 Å². The molecule has 4 rings (SSSR count). The summed E-state index contributed by atoms with van der Waals surface area (Å²) in [6.45, 7) is 2.65. The molecule has 2 N–H and O–H groups in total. The van der Waals surface area contributed by atoms with Gasteiger partial charge < -0.3 is 20.1 Å². The van der Waals surface area contributed by atoms with Crippen LogP contribution in [0.3, 0.4) is 0 Å². The fourth-order valence-corrected chi connectivity index (χ4v) is 6.12. The Bertz CT molecular complexity index is 1450. The zero-order chi connectivity index (χ0) is 25.7. The molecule has 0 saturated carbocycles. The number of nitriles is 1. The van der Waals surface area contributed by atoms with Crippen LogP contribution in [0.4, 0.5) is 27.4 Å². The molecule has 0 aliphatic rings. The Labute approximate surface area is 226 Å². The minimum Gasteiger partial charge on any atom is -0.488 e. The number of nitrogens with one attached hydrogen (secondary N) is 2. The molecular formula is C23H22FIN7O2PS. The number of anilines is 4. The fourth-order valence-electron chi connectivity index (χ4n) is 3.41. The molecule has 36 heavy (non-hydrogen) atoms. The highest BCUT2D eigenvalue weighted by atomic mass is 127. The van der Waals surface area contributed by atoms with Crippen molar-refractivity contribution < 1.29 is 13.9 Å². The van der Waals surface area contributed by atoms with Crippen molar-refractivity contribution >= 4 is 74.4 Å². The van der Waals surface area contributed by atoms with Gasteiger partial charge in [0.05, 0.1) is 24.4 Å². The number of benzene rings is 1. The Balaban J connectivity index is 1.73. The summed E-state index contributed by atoms with van der Waals surface area (Å²) in [6, 6.07) is 11.9. The van der Waals surface area contributed by atoms with Crippen molar-refractivity contribution in [3.05, 3.63) is 53.7 Å². The van der Waals surface area contributed by atoms with Gasteiger partial charge in [0.15, 0.2) is 17.1 Å². The number of thioether (sulfide) groups is 1. The maximum absolute atomic E-state index is 13.8. The fraction of sp³-hybridized carbons (Fsp3) is 0.217. The summed E-state index contributed by atoms with van der Waals surface area (Å²) in [6.07, 6.45) is 2.29. The van der Waals surface area contributed by atoms with Crippen molar-refractivity contribution in [2.75, 3.05) is 37.2 Å². The van der Waals surface area contributed by atoms with Gasteiger partial charge in [0, 0.05) is 18.1 Å². The third-order valence-corrected chi connectivity index (χ3v) is 8.00. The minimum atomic E-state index is -0.299. The van der Waals surface area contributed by atoms with Crippen LogP contribution in [0, 0.1) is 24.1 Å². The van der Waals surface area contributed by atoms with Crippen molar-refractivity contribution in [1.82, 2.24) is 19.3 Å². The van der Waals surface area contributed by atoms with Gasteiger partial charge in [0.25, 0.3) is 0 Å². The summed E-state index contributed by atoms with van der Waals surface area (Å²) in [4.78, 5) is 14.6. The lowest BCUT2D eigenvalue weighted by Gasteiger charge is -2.14. The number of methoxy groups -OCH3 is 1. The average Bonchev–Trinajstić information content (AvgIpc) is 3.20. The Hall–Kier alpha value is -2.72. The van der Waals surface area contributed by atoms with E-state index in [0.29, 0.717) is 53.8 Å². The lowest BCUT2D eigenvalue weighted by molar-refractivity contribution is 0.146. The second kappa shape index (κ2) is 12.0. The van der Waals surface area contributed by atoms with E-state index in [0.717, 1.165) is 16.4 Å². The number of aryl methyl sites for hydroxylation is 1. The summed E-state index contributed by atoms with van der Waals surface area (Å²) in [5.41, 5.74) is 3.02. The molecule has 186 valence electrons. The zero-order valence-corrected chi connectivity index (χ0v) is 23.6. The largest absolute Gasteiger partial charge is 0.488 e. The number of nitrogens with zero attached hydrogens (tertiary/aromatic N) is 5. The van der Waals surface area contributed by atoms with E-state index in [9.17, 15) is 9.65 Å². The summed E-state index contributed by atoms with van der Waals surface area (Å²) in [5.74, 6) is 1.86. The van der Waals surface area contributed by atoms with Crippen LogP contribution in [0.15, 0.2) is 41.3 Å². The monoisotopic (exact) mass is 637 g/mol. The standard InChI is InChI=1S/C23H22FIN7O2PS/c1-13-27-22-16(28-15-5-4-14(24)10-19(15)36-3)11-21(31-23(22)32(13)35-25)30-20-7-6-18(17(12-26)29-20)34-9-8-33-2/h4-7,10-11,35H,8-9H2,1-3H3,(H2,28,29,30,31). The molecule has 0 fully saturated rings. The third kappa shape index (κ3) is 5.81. The average molecular weight is 637 g/mol. The molecule has 0 amide bonds. The van der Waals surface area contributed by atoms with E-state index in [2.05, 4.69) is 43.7 Å². The van der Waals surface area contributed by atoms with Crippen LogP contribution >= 0.6 is 40.2 Å². The number of ether oxygens (including phenoxy) is 2. The highest BCUT2D eigenvalue weighted by Gasteiger charge is 2.17. The lowest BCUT2D eigenvalue weighted by Crippen LogP contribution is -2.07. The third-order valence-electron chi connectivity index (χ3n) is 5.07. The van der Waals surface area contributed by atoms with Gasteiger partial charge in [-0.3, -0.25) is 4.34 Å². The molecule has 13 heteroatoms. The first-order valence-corrected chi connectivity index (χ1v) is 15.9. The van der Waals surface area contributed by atoms with Crippen molar-refractivity contribution in [3.63, 3.8) is 0 Å². The molecule has 4 aromatic rings. The summed E-state index contributed by atoms with van der Waals surface area (Å²) >= 11 is 3.74. The molecule has 0 bridgehead atoms. The highest BCUT2D eigenvalue weighted by Crippen LogP contribution is 2.37. The Morgan fingerprint density at radius 3 is 2.67 bits per heavy atom. The van der Waals surface area contributed by atoms with Gasteiger partial charge in [-0.05, 0) is 65.6 Å². The van der Waals surface area contributed by atoms with Gasteiger partial charge in [-0.15, -0.1) is 11.8 Å². The van der Waals surface area contributed by atoms with E-state index >= 15 is 0 Å². The number of rotatable bonds is 10. The Morgan fingerprint density at radius 2 is 1.94 bits per heavy atom. The van der Waals surface area contributed by atoms with Crippen LogP contribution in [0.5, 0.6) is 5.75 Å². The first-order chi connectivity index (χ1) is 17.5. The maximum atomic E-state index is 13.8. The number of pyridine rings is 2. The first kappa shape index (κ1) is 26.3. The molecular weight excluding hydrogens is 615 g/mol. The second-order valence-electron chi connectivity index (χ2n) is 7.40. The Kier molecular flexibility index (Phi) is 8.79. The smallest absolute Gasteiger partial charge is 0.184 e. The van der Waals surface area contributed by atoms with Crippen LogP contribution in [-0.2, 0) is 4.74 Å². The topological polar surface area (TPSA) is 110 Å². The quantitative estimate of drug-likeness (QED) is 0.0913. The lowest BCUT2D eigenvalue weighted by atomic mass is 10.2. The minimum absolute atomic E-state index is 0.154. The molecule has 3 aromatic heterocycles. The second-order valence-corrected chi connectivity index (χ2v) is 10.3. The van der Waals surface area contributed by atoms with Gasteiger partial charge in [0.2, 0.25) is 0 Å². The molecule has 0 saturated heterocycles. The normalized spacial score (nSPS) is 11.2. The van der Waals surface area contributed by atoms with Crippen LogP contribution in [0.2, 0.25) is 0 Å². The molecule has 9 nitrogen and oxygen atoms in total. The summed E-state index contributed by atoms with van der Waals surface area (Å²) in [5, 5.41) is 16.1. The van der Waals surface area contributed by atoms with Crippen molar-refractivity contribution in [2.24, 2.45) is 0 Å². The van der Waals surface area contributed by atoms with Gasteiger partial charge in [-0.25, -0.2) is 19.3 Å². The van der Waals surface area contributed by atoms with E-state index in [1.165, 1.54) is 23.9 Å².